The molecule has 0 amide bonds. The summed E-state index contributed by atoms with van der Waals surface area (Å²) in [5.41, 5.74) is 7.42. The summed E-state index contributed by atoms with van der Waals surface area (Å²) in [5, 5.41) is 0. The summed E-state index contributed by atoms with van der Waals surface area (Å²) in [6, 6.07) is 12.3. The van der Waals surface area contributed by atoms with Gasteiger partial charge in [0.1, 0.15) is 12.4 Å². The molecule has 0 bridgehead atoms. The van der Waals surface area contributed by atoms with E-state index in [9.17, 15) is 0 Å². The van der Waals surface area contributed by atoms with Crippen LogP contribution in [0.1, 0.15) is 28.3 Å². The fraction of sp³-hybridized carbons (Fsp3) is 0.333. The van der Waals surface area contributed by atoms with E-state index >= 15 is 0 Å². The molecule has 1 aromatic heterocycles. The van der Waals surface area contributed by atoms with Crippen molar-refractivity contribution < 1.29 is 4.74 Å². The zero-order valence-corrected chi connectivity index (χ0v) is 11.7. The molecule has 0 aliphatic heterocycles. The SMILES string of the molecule is CCc1ccc(OCC(N)c2ccc(C)s2)cc1. The number of nitrogens with two attached hydrogens (primary N) is 1. The largest absolute Gasteiger partial charge is 0.492 e. The molecule has 1 aromatic carbocycles. The van der Waals surface area contributed by atoms with Crippen molar-refractivity contribution >= 4 is 11.3 Å². The maximum absolute atomic E-state index is 6.10. The van der Waals surface area contributed by atoms with Crippen LogP contribution in [0, 0.1) is 6.92 Å². The van der Waals surface area contributed by atoms with Crippen LogP contribution in [0.5, 0.6) is 5.75 Å². The van der Waals surface area contributed by atoms with Crippen molar-refractivity contribution in [3.05, 3.63) is 51.7 Å². The topological polar surface area (TPSA) is 35.2 Å². The first-order valence-electron chi connectivity index (χ1n) is 6.22. The Hall–Kier alpha value is -1.32. The van der Waals surface area contributed by atoms with Gasteiger partial charge in [0.25, 0.3) is 0 Å². The van der Waals surface area contributed by atoms with Crippen LogP contribution in [0.25, 0.3) is 0 Å². The van der Waals surface area contributed by atoms with Gasteiger partial charge in [-0.3, -0.25) is 0 Å². The number of hydrogen-bond donors (Lipinski definition) is 1. The Kier molecular flexibility index (Phi) is 4.39. The molecule has 0 aliphatic rings. The smallest absolute Gasteiger partial charge is 0.119 e. The van der Waals surface area contributed by atoms with E-state index in [2.05, 4.69) is 38.1 Å². The molecular weight excluding hydrogens is 242 g/mol. The molecule has 0 saturated heterocycles. The lowest BCUT2D eigenvalue weighted by Gasteiger charge is -2.12. The Balaban J connectivity index is 1.90. The fourth-order valence-corrected chi connectivity index (χ4v) is 2.61. The van der Waals surface area contributed by atoms with E-state index in [1.807, 2.05) is 12.1 Å². The number of thiophene rings is 1. The minimum absolute atomic E-state index is 0.0467. The lowest BCUT2D eigenvalue weighted by Crippen LogP contribution is -2.17. The van der Waals surface area contributed by atoms with Gasteiger partial charge in [-0.15, -0.1) is 11.3 Å². The Morgan fingerprint density at radius 1 is 1.17 bits per heavy atom. The average molecular weight is 261 g/mol. The predicted molar refractivity (Wildman–Crippen MR) is 77.3 cm³/mol. The zero-order valence-electron chi connectivity index (χ0n) is 10.8. The molecule has 1 unspecified atom stereocenters. The first-order valence-corrected chi connectivity index (χ1v) is 7.04. The van der Waals surface area contributed by atoms with Gasteiger partial charge < -0.3 is 10.5 Å². The van der Waals surface area contributed by atoms with Crippen molar-refractivity contribution in [2.45, 2.75) is 26.3 Å². The third-order valence-electron chi connectivity index (χ3n) is 2.89. The summed E-state index contributed by atoms with van der Waals surface area (Å²) in [6.07, 6.45) is 1.05. The summed E-state index contributed by atoms with van der Waals surface area (Å²) in [6.45, 7) is 4.75. The van der Waals surface area contributed by atoms with Gasteiger partial charge >= 0.3 is 0 Å². The van der Waals surface area contributed by atoms with Gasteiger partial charge in [-0.2, -0.15) is 0 Å². The maximum atomic E-state index is 6.10. The van der Waals surface area contributed by atoms with Gasteiger partial charge in [-0.1, -0.05) is 19.1 Å². The van der Waals surface area contributed by atoms with E-state index < -0.39 is 0 Å². The normalized spacial score (nSPS) is 12.4. The van der Waals surface area contributed by atoms with Crippen molar-refractivity contribution in [1.82, 2.24) is 0 Å². The zero-order chi connectivity index (χ0) is 13.0. The number of hydrogen-bond acceptors (Lipinski definition) is 3. The Morgan fingerprint density at radius 3 is 2.44 bits per heavy atom. The number of aryl methyl sites for hydroxylation is 2. The summed E-state index contributed by atoms with van der Waals surface area (Å²) < 4.78 is 5.71. The Labute approximate surface area is 112 Å². The van der Waals surface area contributed by atoms with Crippen molar-refractivity contribution in [2.75, 3.05) is 6.61 Å². The molecule has 0 aliphatic carbocycles. The summed E-state index contributed by atoms with van der Waals surface area (Å²) >= 11 is 1.73. The molecule has 0 fully saturated rings. The summed E-state index contributed by atoms with van der Waals surface area (Å²) in [7, 11) is 0. The summed E-state index contributed by atoms with van der Waals surface area (Å²) in [4.78, 5) is 2.46. The molecule has 2 rings (SSSR count). The number of benzene rings is 1. The highest BCUT2D eigenvalue weighted by Crippen LogP contribution is 2.22. The minimum atomic E-state index is -0.0467. The molecule has 18 heavy (non-hydrogen) atoms. The van der Waals surface area contributed by atoms with Crippen LogP contribution in [-0.2, 0) is 6.42 Å². The molecule has 3 heteroatoms. The van der Waals surface area contributed by atoms with Gasteiger partial charge in [0.2, 0.25) is 0 Å². The second kappa shape index (κ2) is 6.03. The quantitative estimate of drug-likeness (QED) is 0.890. The van der Waals surface area contributed by atoms with Crippen molar-refractivity contribution in [1.29, 1.82) is 0 Å². The monoisotopic (exact) mass is 261 g/mol. The van der Waals surface area contributed by atoms with Crippen LogP contribution in [-0.4, -0.2) is 6.61 Å². The van der Waals surface area contributed by atoms with Gasteiger partial charge in [-0.25, -0.2) is 0 Å². The second-order valence-electron chi connectivity index (χ2n) is 4.36. The van der Waals surface area contributed by atoms with E-state index in [-0.39, 0.29) is 6.04 Å². The van der Waals surface area contributed by atoms with Gasteiger partial charge in [0.05, 0.1) is 6.04 Å². The summed E-state index contributed by atoms with van der Waals surface area (Å²) in [5.74, 6) is 0.885. The van der Waals surface area contributed by atoms with Crippen molar-refractivity contribution in [2.24, 2.45) is 5.73 Å². The van der Waals surface area contributed by atoms with E-state index in [1.165, 1.54) is 15.3 Å². The van der Waals surface area contributed by atoms with Gasteiger partial charge in [0.15, 0.2) is 0 Å². The Morgan fingerprint density at radius 2 is 1.89 bits per heavy atom. The van der Waals surface area contributed by atoms with Gasteiger partial charge in [-0.05, 0) is 43.2 Å². The first kappa shape index (κ1) is 13.1. The van der Waals surface area contributed by atoms with E-state index in [0.717, 1.165) is 12.2 Å². The van der Waals surface area contributed by atoms with E-state index in [1.54, 1.807) is 11.3 Å². The highest BCUT2D eigenvalue weighted by molar-refractivity contribution is 7.12. The standard InChI is InChI=1S/C15H19NOS/c1-3-12-5-7-13(8-6-12)17-10-14(16)15-9-4-11(2)18-15/h4-9,14H,3,10,16H2,1-2H3. The maximum Gasteiger partial charge on any atom is 0.119 e. The second-order valence-corrected chi connectivity index (χ2v) is 5.68. The first-order chi connectivity index (χ1) is 8.69. The molecular formula is C15H19NOS. The van der Waals surface area contributed by atoms with Crippen LogP contribution in [0.15, 0.2) is 36.4 Å². The highest BCUT2D eigenvalue weighted by atomic mass is 32.1. The van der Waals surface area contributed by atoms with Gasteiger partial charge in [0, 0.05) is 9.75 Å². The van der Waals surface area contributed by atoms with Crippen molar-refractivity contribution in [3.8, 4) is 5.75 Å². The molecule has 1 heterocycles. The van der Waals surface area contributed by atoms with E-state index in [4.69, 9.17) is 10.5 Å². The minimum Gasteiger partial charge on any atom is -0.492 e. The number of rotatable bonds is 5. The van der Waals surface area contributed by atoms with Crippen LogP contribution >= 0.6 is 11.3 Å². The lowest BCUT2D eigenvalue weighted by molar-refractivity contribution is 0.292. The van der Waals surface area contributed by atoms with Crippen LogP contribution in [0.4, 0.5) is 0 Å². The molecule has 2 nitrogen and oxygen atoms in total. The van der Waals surface area contributed by atoms with Crippen LogP contribution < -0.4 is 10.5 Å². The van der Waals surface area contributed by atoms with Crippen LogP contribution in [0.2, 0.25) is 0 Å². The van der Waals surface area contributed by atoms with Crippen molar-refractivity contribution in [3.63, 3.8) is 0 Å². The molecule has 2 aromatic rings. The molecule has 0 spiro atoms. The predicted octanol–water partition coefficient (Wildman–Crippen LogP) is 3.70. The number of ether oxygens (including phenoxy) is 1. The highest BCUT2D eigenvalue weighted by Gasteiger charge is 2.09. The fourth-order valence-electron chi connectivity index (χ4n) is 1.74. The molecule has 1 atom stereocenters. The molecule has 2 N–H and O–H groups in total. The molecule has 0 radical (unpaired) electrons. The molecule has 0 saturated carbocycles. The Bertz CT molecular complexity index is 489. The lowest BCUT2D eigenvalue weighted by atomic mass is 10.2. The third-order valence-corrected chi connectivity index (χ3v) is 4.02. The average Bonchev–Trinajstić information content (AvgIpc) is 2.83. The van der Waals surface area contributed by atoms with Crippen LogP contribution in [0.3, 0.4) is 0 Å². The molecule has 96 valence electrons. The third kappa shape index (κ3) is 3.34. The van der Waals surface area contributed by atoms with E-state index in [0.29, 0.717) is 6.61 Å².